The second kappa shape index (κ2) is 6.28. The molecule has 0 aromatic heterocycles. The molecule has 0 saturated carbocycles. The number of hydrogen-bond acceptors (Lipinski definition) is 4. The second-order valence-electron chi connectivity index (χ2n) is 4.75. The molecule has 0 amide bonds. The van der Waals surface area contributed by atoms with Crippen LogP contribution in [0.15, 0.2) is 53.4 Å². The Morgan fingerprint density at radius 3 is 2.24 bits per heavy atom. The molecule has 2 aromatic carbocycles. The molecule has 2 aromatic rings. The van der Waals surface area contributed by atoms with Crippen molar-refractivity contribution in [1.29, 1.82) is 0 Å². The topological polar surface area (TPSA) is 52.6 Å². The highest BCUT2D eigenvalue weighted by atomic mass is 32.2. The van der Waals surface area contributed by atoms with Gasteiger partial charge in [-0.3, -0.25) is 4.18 Å². The summed E-state index contributed by atoms with van der Waals surface area (Å²) in [6.45, 7) is 3.58. The molecule has 0 aliphatic rings. The highest BCUT2D eigenvalue weighted by Gasteiger charge is 2.21. The number of methoxy groups -OCH3 is 1. The zero-order valence-corrected chi connectivity index (χ0v) is 13.1. The Morgan fingerprint density at radius 1 is 1.00 bits per heavy atom. The molecule has 0 bridgehead atoms. The van der Waals surface area contributed by atoms with Gasteiger partial charge in [-0.2, -0.15) is 8.42 Å². The lowest BCUT2D eigenvalue weighted by Gasteiger charge is -2.16. The maximum atomic E-state index is 12.3. The average Bonchev–Trinajstić information content (AvgIpc) is 2.47. The minimum atomic E-state index is -3.80. The van der Waals surface area contributed by atoms with E-state index in [0.717, 1.165) is 5.56 Å². The third-order valence-corrected chi connectivity index (χ3v) is 4.55. The molecule has 0 radical (unpaired) electrons. The molecule has 0 N–H and O–H groups in total. The van der Waals surface area contributed by atoms with Crippen molar-refractivity contribution in [3.05, 3.63) is 59.7 Å². The van der Waals surface area contributed by atoms with Crippen molar-refractivity contribution in [3.8, 4) is 5.75 Å². The molecule has 0 heterocycles. The zero-order valence-electron chi connectivity index (χ0n) is 12.2. The van der Waals surface area contributed by atoms with Gasteiger partial charge in [0.15, 0.2) is 0 Å². The molecule has 0 aliphatic carbocycles. The second-order valence-corrected chi connectivity index (χ2v) is 6.32. The van der Waals surface area contributed by atoms with Gasteiger partial charge in [0.05, 0.1) is 12.0 Å². The number of aryl methyl sites for hydroxylation is 1. The lowest BCUT2D eigenvalue weighted by Crippen LogP contribution is -2.11. The van der Waals surface area contributed by atoms with Crippen LogP contribution < -0.4 is 4.74 Å². The summed E-state index contributed by atoms with van der Waals surface area (Å²) in [6.07, 6.45) is -0.632. The quantitative estimate of drug-likeness (QED) is 0.794. The Hall–Kier alpha value is -1.85. The van der Waals surface area contributed by atoms with E-state index in [-0.39, 0.29) is 4.90 Å². The smallest absolute Gasteiger partial charge is 0.297 e. The van der Waals surface area contributed by atoms with Crippen LogP contribution in [0.5, 0.6) is 5.75 Å². The Kier molecular flexibility index (Phi) is 4.65. The van der Waals surface area contributed by atoms with Gasteiger partial charge in [-0.25, -0.2) is 0 Å². The van der Waals surface area contributed by atoms with Crippen LogP contribution in [0.25, 0.3) is 0 Å². The summed E-state index contributed by atoms with van der Waals surface area (Å²) in [5.74, 6) is 0.601. The monoisotopic (exact) mass is 306 g/mol. The maximum absolute atomic E-state index is 12.3. The Bertz CT molecular complexity index is 705. The average molecular weight is 306 g/mol. The number of ether oxygens (including phenoxy) is 1. The SMILES string of the molecule is COc1ccccc1C(C)OS(=O)(=O)c1ccc(C)cc1. The van der Waals surface area contributed by atoms with Gasteiger partial charge in [0.1, 0.15) is 11.9 Å². The van der Waals surface area contributed by atoms with Crippen LogP contribution in [0.1, 0.15) is 24.2 Å². The molecule has 0 fully saturated rings. The van der Waals surface area contributed by atoms with E-state index in [0.29, 0.717) is 11.3 Å². The maximum Gasteiger partial charge on any atom is 0.297 e. The Morgan fingerprint density at radius 2 is 1.62 bits per heavy atom. The first-order chi connectivity index (χ1) is 9.94. The first-order valence-electron chi connectivity index (χ1n) is 6.57. The minimum absolute atomic E-state index is 0.148. The molecule has 2 rings (SSSR count). The van der Waals surface area contributed by atoms with E-state index >= 15 is 0 Å². The molecular formula is C16H18O4S. The molecule has 112 valence electrons. The fourth-order valence-corrected chi connectivity index (χ4v) is 3.07. The van der Waals surface area contributed by atoms with Gasteiger partial charge in [0, 0.05) is 5.56 Å². The van der Waals surface area contributed by atoms with Gasteiger partial charge >= 0.3 is 0 Å². The number of para-hydroxylation sites is 1. The van der Waals surface area contributed by atoms with Crippen molar-refractivity contribution in [2.75, 3.05) is 7.11 Å². The van der Waals surface area contributed by atoms with E-state index in [1.165, 1.54) is 0 Å². The fourth-order valence-electron chi connectivity index (χ4n) is 2.00. The van der Waals surface area contributed by atoms with E-state index in [1.807, 2.05) is 19.1 Å². The normalized spacial score (nSPS) is 12.9. The highest BCUT2D eigenvalue weighted by Crippen LogP contribution is 2.29. The van der Waals surface area contributed by atoms with Crippen LogP contribution in [0, 0.1) is 6.92 Å². The predicted molar refractivity (Wildman–Crippen MR) is 80.9 cm³/mol. The van der Waals surface area contributed by atoms with Crippen LogP contribution in [0.3, 0.4) is 0 Å². The first kappa shape index (κ1) is 15.5. The van der Waals surface area contributed by atoms with Crippen molar-refractivity contribution in [1.82, 2.24) is 0 Å². The van der Waals surface area contributed by atoms with Gasteiger partial charge in [-0.1, -0.05) is 35.9 Å². The van der Waals surface area contributed by atoms with Crippen LogP contribution in [0.2, 0.25) is 0 Å². The van der Waals surface area contributed by atoms with Gasteiger partial charge in [0.25, 0.3) is 10.1 Å². The van der Waals surface area contributed by atoms with E-state index < -0.39 is 16.2 Å². The molecule has 0 saturated heterocycles. The van der Waals surface area contributed by atoms with Gasteiger partial charge in [-0.05, 0) is 32.0 Å². The lowest BCUT2D eigenvalue weighted by molar-refractivity contribution is 0.228. The van der Waals surface area contributed by atoms with E-state index in [9.17, 15) is 8.42 Å². The molecule has 1 unspecified atom stereocenters. The summed E-state index contributed by atoms with van der Waals surface area (Å²) in [4.78, 5) is 0.148. The summed E-state index contributed by atoms with van der Waals surface area (Å²) >= 11 is 0. The standard InChI is InChI=1S/C16H18O4S/c1-12-8-10-14(11-9-12)21(17,18)20-13(2)15-6-4-5-7-16(15)19-3/h4-11,13H,1-3H3. The summed E-state index contributed by atoms with van der Waals surface area (Å²) in [5.41, 5.74) is 1.68. The van der Waals surface area contributed by atoms with Gasteiger partial charge in [-0.15, -0.1) is 0 Å². The minimum Gasteiger partial charge on any atom is -0.496 e. The largest absolute Gasteiger partial charge is 0.496 e. The van der Waals surface area contributed by atoms with Gasteiger partial charge < -0.3 is 4.74 Å². The number of benzene rings is 2. The summed E-state index contributed by atoms with van der Waals surface area (Å²) in [6, 6.07) is 13.8. The third-order valence-electron chi connectivity index (χ3n) is 3.16. The molecule has 1 atom stereocenters. The lowest BCUT2D eigenvalue weighted by atomic mass is 10.1. The summed E-state index contributed by atoms with van der Waals surface area (Å²) < 4.78 is 35.0. The van der Waals surface area contributed by atoms with Crippen molar-refractivity contribution >= 4 is 10.1 Å². The predicted octanol–water partition coefficient (Wildman–Crippen LogP) is 3.47. The van der Waals surface area contributed by atoms with Gasteiger partial charge in [0.2, 0.25) is 0 Å². The van der Waals surface area contributed by atoms with Crippen molar-refractivity contribution < 1.29 is 17.3 Å². The highest BCUT2D eigenvalue weighted by molar-refractivity contribution is 7.86. The van der Waals surface area contributed by atoms with Crippen LogP contribution in [-0.4, -0.2) is 15.5 Å². The van der Waals surface area contributed by atoms with E-state index in [1.54, 1.807) is 50.4 Å². The molecule has 21 heavy (non-hydrogen) atoms. The fraction of sp³-hybridized carbons (Fsp3) is 0.250. The van der Waals surface area contributed by atoms with Crippen molar-refractivity contribution in [3.63, 3.8) is 0 Å². The van der Waals surface area contributed by atoms with Crippen LogP contribution in [0.4, 0.5) is 0 Å². The van der Waals surface area contributed by atoms with Crippen LogP contribution in [-0.2, 0) is 14.3 Å². The third kappa shape index (κ3) is 3.62. The number of rotatable bonds is 5. The van der Waals surface area contributed by atoms with Crippen molar-refractivity contribution in [2.45, 2.75) is 24.8 Å². The van der Waals surface area contributed by atoms with Crippen LogP contribution >= 0.6 is 0 Å². The molecule has 5 heteroatoms. The summed E-state index contributed by atoms with van der Waals surface area (Å²) in [7, 11) is -2.26. The Balaban J connectivity index is 2.25. The first-order valence-corrected chi connectivity index (χ1v) is 7.98. The molecule has 4 nitrogen and oxygen atoms in total. The molecular weight excluding hydrogens is 288 g/mol. The summed E-state index contributed by atoms with van der Waals surface area (Å²) in [5, 5.41) is 0. The van der Waals surface area contributed by atoms with E-state index in [2.05, 4.69) is 0 Å². The molecule has 0 spiro atoms. The Labute approximate surface area is 125 Å². The number of hydrogen-bond donors (Lipinski definition) is 0. The zero-order chi connectivity index (χ0) is 15.5. The van der Waals surface area contributed by atoms with E-state index in [4.69, 9.17) is 8.92 Å². The molecule has 0 aliphatic heterocycles. The van der Waals surface area contributed by atoms with Crippen molar-refractivity contribution in [2.24, 2.45) is 0 Å².